The Bertz CT molecular complexity index is 700. The van der Waals surface area contributed by atoms with Gasteiger partial charge < -0.3 is 0 Å². The molecule has 0 bridgehead atoms. The Balaban J connectivity index is 2.27. The summed E-state index contributed by atoms with van der Waals surface area (Å²) in [6, 6.07) is 1.45. The van der Waals surface area contributed by atoms with Gasteiger partial charge in [-0.3, -0.25) is 4.72 Å². The van der Waals surface area contributed by atoms with Crippen LogP contribution in [0.5, 0.6) is 0 Å². The molecule has 1 N–H and O–H groups in total. The van der Waals surface area contributed by atoms with Crippen molar-refractivity contribution in [3.63, 3.8) is 0 Å². The summed E-state index contributed by atoms with van der Waals surface area (Å²) < 4.78 is 34.5. The molecule has 0 radical (unpaired) electrons. The van der Waals surface area contributed by atoms with Gasteiger partial charge >= 0.3 is 0 Å². The van der Waals surface area contributed by atoms with Crippen molar-refractivity contribution in [3.8, 4) is 0 Å². The van der Waals surface area contributed by atoms with E-state index in [0.717, 1.165) is 11.4 Å². The third kappa shape index (κ3) is 3.65. The van der Waals surface area contributed by atoms with E-state index >= 15 is 0 Å². The third-order valence-corrected chi connectivity index (χ3v) is 5.22. The zero-order valence-electron chi connectivity index (χ0n) is 10.1. The minimum absolute atomic E-state index is 0.0300. The Morgan fingerprint density at radius 2 is 1.85 bits per heavy atom. The maximum Gasteiger partial charge on any atom is 0.232 e. The van der Waals surface area contributed by atoms with Crippen molar-refractivity contribution in [3.05, 3.63) is 16.1 Å². The van der Waals surface area contributed by atoms with Crippen molar-refractivity contribution in [2.75, 3.05) is 16.4 Å². The fourth-order valence-corrected chi connectivity index (χ4v) is 4.17. The molecule has 0 saturated heterocycles. The molecule has 0 atom stereocenters. The number of unbranched alkanes of at least 4 members (excludes halogenated alkanes) is 1. The number of fused-ring (bicyclic) bond motifs is 1. The molecule has 1 aromatic carbocycles. The minimum Gasteiger partial charge on any atom is -0.280 e. The van der Waals surface area contributed by atoms with Crippen molar-refractivity contribution < 1.29 is 8.42 Å². The molecule has 10 heteroatoms. The molecule has 0 unspecified atom stereocenters. The summed E-state index contributed by atoms with van der Waals surface area (Å²) in [6.45, 7) is 0. The van der Waals surface area contributed by atoms with Crippen LogP contribution in [0.15, 0.2) is 14.8 Å². The quantitative estimate of drug-likeness (QED) is 0.598. The summed E-state index contributed by atoms with van der Waals surface area (Å²) in [5.74, 6) is 0.398. The number of benzene rings is 1. The molecule has 1 heterocycles. The van der Waals surface area contributed by atoms with Crippen LogP contribution in [0.2, 0.25) is 10.0 Å². The van der Waals surface area contributed by atoms with Gasteiger partial charge in [-0.1, -0.05) is 23.2 Å². The van der Waals surface area contributed by atoms with Crippen molar-refractivity contribution >= 4 is 73.2 Å². The Labute approximate surface area is 135 Å². The maximum atomic E-state index is 12.0. The number of hydrogen-bond acceptors (Lipinski definition) is 4. The van der Waals surface area contributed by atoms with E-state index in [1.807, 2.05) is 0 Å². The number of rotatable bonds is 6. The van der Waals surface area contributed by atoms with E-state index in [4.69, 9.17) is 34.8 Å². The van der Waals surface area contributed by atoms with Crippen LogP contribution < -0.4 is 4.72 Å². The summed E-state index contributed by atoms with van der Waals surface area (Å²) in [6.07, 6.45) is 1.10. The Hall–Kier alpha value is -0.340. The predicted octanol–water partition coefficient (Wildman–Crippen LogP) is 4.48. The van der Waals surface area contributed by atoms with Crippen LogP contribution in [0.3, 0.4) is 0 Å². The van der Waals surface area contributed by atoms with Gasteiger partial charge in [-0.25, -0.2) is 8.42 Å². The Morgan fingerprint density at radius 1 is 1.15 bits per heavy atom. The van der Waals surface area contributed by atoms with Gasteiger partial charge in [0, 0.05) is 5.88 Å². The smallest absolute Gasteiger partial charge is 0.232 e. The standard InChI is InChI=1S/C10H10Cl3N3O2S2/c11-3-1-2-4-20(17,18)16-9-7(13)5-6(12)8-10(9)15-19-14-8/h5,16H,1-4H2. The lowest BCUT2D eigenvalue weighted by molar-refractivity contribution is 0.598. The molecule has 0 aromatic heterocycles. The number of sulfonamides is 1. The first kappa shape index (κ1) is 16.0. The second kappa shape index (κ2) is 6.62. The SMILES string of the molecule is O=S(=O)(CCCCCl)Nc1c(Cl)cc(Cl)c2c1N=S=N2. The molecule has 1 aromatic rings. The first-order valence-electron chi connectivity index (χ1n) is 5.61. The van der Waals surface area contributed by atoms with Crippen LogP contribution >= 0.6 is 34.8 Å². The number of anilines is 1. The van der Waals surface area contributed by atoms with Crippen LogP contribution in [0.25, 0.3) is 0 Å². The van der Waals surface area contributed by atoms with Crippen LogP contribution in [0.4, 0.5) is 17.1 Å². The number of hydrogen-bond donors (Lipinski definition) is 1. The topological polar surface area (TPSA) is 70.9 Å². The number of nitrogens with one attached hydrogen (secondary N) is 1. The van der Waals surface area contributed by atoms with Crippen LogP contribution in [0.1, 0.15) is 12.8 Å². The van der Waals surface area contributed by atoms with Gasteiger partial charge in [-0.2, -0.15) is 8.73 Å². The summed E-state index contributed by atoms with van der Waals surface area (Å²) in [5, 5.41) is 0.528. The zero-order chi connectivity index (χ0) is 14.8. The first-order valence-corrected chi connectivity index (χ1v) is 9.28. The van der Waals surface area contributed by atoms with Gasteiger partial charge in [-0.05, 0) is 18.9 Å². The van der Waals surface area contributed by atoms with Crippen LogP contribution in [-0.4, -0.2) is 20.1 Å². The molecular weight excluding hydrogens is 365 g/mol. The maximum absolute atomic E-state index is 12.0. The second-order valence-corrected chi connectivity index (χ2v) is 7.56. The highest BCUT2D eigenvalue weighted by Crippen LogP contribution is 2.47. The van der Waals surface area contributed by atoms with E-state index in [2.05, 4.69) is 13.4 Å². The average Bonchev–Trinajstić information content (AvgIpc) is 2.84. The summed E-state index contributed by atoms with van der Waals surface area (Å²) in [4.78, 5) is 0. The lowest BCUT2D eigenvalue weighted by Crippen LogP contribution is -2.17. The second-order valence-electron chi connectivity index (χ2n) is 3.99. The van der Waals surface area contributed by atoms with E-state index in [1.165, 1.54) is 6.07 Å². The molecule has 0 fully saturated rings. The van der Waals surface area contributed by atoms with E-state index in [9.17, 15) is 8.42 Å². The molecule has 0 aliphatic carbocycles. The van der Waals surface area contributed by atoms with Crippen LogP contribution in [-0.2, 0) is 21.4 Å². The average molecular weight is 375 g/mol. The van der Waals surface area contributed by atoms with Crippen molar-refractivity contribution in [2.24, 2.45) is 8.73 Å². The molecule has 1 aliphatic rings. The highest BCUT2D eigenvalue weighted by atomic mass is 35.5. The van der Waals surface area contributed by atoms with Crippen molar-refractivity contribution in [1.82, 2.24) is 0 Å². The highest BCUT2D eigenvalue weighted by Gasteiger charge is 2.22. The highest BCUT2D eigenvalue weighted by molar-refractivity contribution is 7.92. The Morgan fingerprint density at radius 3 is 2.55 bits per heavy atom. The fourth-order valence-electron chi connectivity index (χ4n) is 1.56. The largest absolute Gasteiger partial charge is 0.280 e. The lowest BCUT2D eigenvalue weighted by Gasteiger charge is -2.12. The zero-order valence-corrected chi connectivity index (χ0v) is 14.0. The van der Waals surface area contributed by atoms with Gasteiger partial charge in [-0.15, -0.1) is 11.6 Å². The van der Waals surface area contributed by atoms with E-state index in [1.54, 1.807) is 0 Å². The summed E-state index contributed by atoms with van der Waals surface area (Å²) in [7, 11) is -3.51. The van der Waals surface area contributed by atoms with E-state index < -0.39 is 10.0 Å². The molecule has 0 saturated carbocycles. The summed E-state index contributed by atoms with van der Waals surface area (Å²) >= 11 is 18.5. The molecule has 2 rings (SSSR count). The molecule has 110 valence electrons. The van der Waals surface area contributed by atoms with Crippen LogP contribution in [0, 0.1) is 0 Å². The number of nitrogens with zero attached hydrogens (tertiary/aromatic N) is 2. The predicted molar refractivity (Wildman–Crippen MR) is 85.4 cm³/mol. The van der Waals surface area contributed by atoms with Gasteiger partial charge in [0.05, 0.1) is 32.8 Å². The molecule has 20 heavy (non-hydrogen) atoms. The van der Waals surface area contributed by atoms with E-state index in [-0.39, 0.29) is 16.5 Å². The molecule has 0 amide bonds. The molecule has 1 aliphatic heterocycles. The number of alkyl halides is 1. The van der Waals surface area contributed by atoms with Gasteiger partial charge in [0.25, 0.3) is 0 Å². The van der Waals surface area contributed by atoms with Gasteiger partial charge in [0.15, 0.2) is 0 Å². The molecule has 0 spiro atoms. The monoisotopic (exact) mass is 373 g/mol. The molecular formula is C10H10Cl3N3O2S2. The van der Waals surface area contributed by atoms with Gasteiger partial charge in [0.1, 0.15) is 11.4 Å². The molecule has 5 nitrogen and oxygen atoms in total. The number of halogens is 3. The first-order chi connectivity index (χ1) is 9.44. The lowest BCUT2D eigenvalue weighted by atomic mass is 10.2. The van der Waals surface area contributed by atoms with E-state index in [0.29, 0.717) is 35.1 Å². The minimum atomic E-state index is -3.51. The van der Waals surface area contributed by atoms with Crippen molar-refractivity contribution in [2.45, 2.75) is 12.8 Å². The van der Waals surface area contributed by atoms with Gasteiger partial charge in [0.2, 0.25) is 10.0 Å². The fraction of sp³-hybridized carbons (Fsp3) is 0.400. The van der Waals surface area contributed by atoms with Crippen molar-refractivity contribution in [1.29, 1.82) is 0 Å². The Kier molecular flexibility index (Phi) is 5.30. The normalized spacial score (nSPS) is 13.2. The third-order valence-electron chi connectivity index (χ3n) is 2.50. The summed E-state index contributed by atoms with van der Waals surface area (Å²) in [5.41, 5.74) is 0.999.